The second-order valence-corrected chi connectivity index (χ2v) is 11.6. The van der Waals surface area contributed by atoms with E-state index in [9.17, 15) is 14.4 Å². The fraction of sp³-hybridized carbons (Fsp3) is 0.333. The Morgan fingerprint density at radius 3 is 2.20 bits per heavy atom. The van der Waals surface area contributed by atoms with Crippen LogP contribution in [0.3, 0.4) is 0 Å². The van der Waals surface area contributed by atoms with E-state index in [1.807, 2.05) is 66.7 Å². The van der Waals surface area contributed by atoms with E-state index in [0.29, 0.717) is 5.56 Å². The molecule has 1 saturated heterocycles. The Bertz CT molecular complexity index is 1540. The third-order valence-electron chi connectivity index (χ3n) is 7.05. The minimum atomic E-state index is -1.04. The van der Waals surface area contributed by atoms with Gasteiger partial charge in [0.05, 0.1) is 17.5 Å². The lowest BCUT2D eigenvalue weighted by molar-refractivity contribution is -0.155. The molecule has 0 radical (unpaired) electrons. The van der Waals surface area contributed by atoms with Crippen molar-refractivity contribution in [2.24, 2.45) is 0 Å². The Hall–Kier alpha value is -5.06. The molecule has 230 valence electrons. The van der Waals surface area contributed by atoms with Gasteiger partial charge >= 0.3 is 12.1 Å². The Balaban J connectivity index is 1.17. The summed E-state index contributed by atoms with van der Waals surface area (Å²) in [4.78, 5) is 50.8. The maximum atomic E-state index is 13.2. The number of imidazole rings is 1. The number of nitrogens with zero attached hydrogens (tertiary/aromatic N) is 3. The lowest BCUT2D eigenvalue weighted by Crippen LogP contribution is -2.49. The van der Waals surface area contributed by atoms with Crippen molar-refractivity contribution in [3.8, 4) is 0 Å². The van der Waals surface area contributed by atoms with Crippen LogP contribution in [0.15, 0.2) is 78.9 Å². The quantitative estimate of drug-likeness (QED) is 0.188. The van der Waals surface area contributed by atoms with E-state index in [1.165, 1.54) is 0 Å². The van der Waals surface area contributed by atoms with Crippen LogP contribution in [0.1, 0.15) is 43.1 Å². The van der Waals surface area contributed by atoms with Gasteiger partial charge in [0.1, 0.15) is 18.4 Å². The van der Waals surface area contributed by atoms with E-state index < -0.39 is 29.7 Å². The molecular weight excluding hydrogens is 560 g/mol. The van der Waals surface area contributed by atoms with Crippen LogP contribution >= 0.6 is 0 Å². The molecule has 1 fully saturated rings. The van der Waals surface area contributed by atoms with Gasteiger partial charge in [-0.05, 0) is 62.7 Å². The van der Waals surface area contributed by atoms with Crippen LogP contribution in [0.25, 0.3) is 11.0 Å². The molecule has 5 rings (SSSR count). The smallest absolute Gasteiger partial charge is 0.409 e. The Labute approximate surface area is 256 Å². The average Bonchev–Trinajstić information content (AvgIpc) is 3.44. The highest BCUT2D eigenvalue weighted by atomic mass is 16.6. The summed E-state index contributed by atoms with van der Waals surface area (Å²) in [6.45, 7) is 8.51. The maximum absolute atomic E-state index is 13.2. The highest BCUT2D eigenvalue weighted by Gasteiger charge is 2.25. The van der Waals surface area contributed by atoms with Gasteiger partial charge in [0.15, 0.2) is 0 Å². The Morgan fingerprint density at radius 2 is 1.52 bits per heavy atom. The lowest BCUT2D eigenvalue weighted by Gasteiger charge is -2.36. The van der Waals surface area contributed by atoms with E-state index in [2.05, 4.69) is 25.4 Å². The van der Waals surface area contributed by atoms with E-state index in [1.54, 1.807) is 32.9 Å². The lowest BCUT2D eigenvalue weighted by atomic mass is 10.1. The van der Waals surface area contributed by atoms with E-state index >= 15 is 0 Å². The number of hydrogen-bond acceptors (Lipinski definition) is 8. The van der Waals surface area contributed by atoms with Gasteiger partial charge in [0.2, 0.25) is 5.95 Å². The second kappa shape index (κ2) is 13.5. The number of anilines is 2. The first-order valence-corrected chi connectivity index (χ1v) is 14.7. The molecule has 3 N–H and O–H groups in total. The summed E-state index contributed by atoms with van der Waals surface area (Å²) in [6.07, 6.45) is -2.07. The predicted molar refractivity (Wildman–Crippen MR) is 168 cm³/mol. The number of hydrogen-bond donors (Lipinski definition) is 3. The molecule has 2 heterocycles. The highest BCUT2D eigenvalue weighted by Crippen LogP contribution is 2.22. The molecule has 11 heteroatoms. The molecule has 1 aliphatic rings. The monoisotopic (exact) mass is 598 g/mol. The van der Waals surface area contributed by atoms with Crippen molar-refractivity contribution in [3.63, 3.8) is 0 Å². The number of alkyl carbamates (subject to hydrolysis) is 1. The number of esters is 1. The number of benzene rings is 3. The molecule has 11 nitrogen and oxygen atoms in total. The average molecular weight is 599 g/mol. The van der Waals surface area contributed by atoms with Gasteiger partial charge in [-0.3, -0.25) is 9.59 Å². The number of aromatic amines is 1. The van der Waals surface area contributed by atoms with Crippen molar-refractivity contribution >= 4 is 40.6 Å². The van der Waals surface area contributed by atoms with Crippen LogP contribution in [0, 0.1) is 0 Å². The van der Waals surface area contributed by atoms with Crippen molar-refractivity contribution < 1.29 is 23.9 Å². The first-order valence-electron chi connectivity index (χ1n) is 14.7. The third kappa shape index (κ3) is 8.27. The van der Waals surface area contributed by atoms with Crippen molar-refractivity contribution in [3.05, 3.63) is 90.0 Å². The fourth-order valence-corrected chi connectivity index (χ4v) is 4.93. The van der Waals surface area contributed by atoms with Crippen molar-refractivity contribution in [2.45, 2.75) is 45.6 Å². The van der Waals surface area contributed by atoms with Crippen LogP contribution < -0.4 is 20.4 Å². The van der Waals surface area contributed by atoms with Crippen LogP contribution in [0.2, 0.25) is 0 Å². The summed E-state index contributed by atoms with van der Waals surface area (Å²) in [5.74, 6) is -0.136. The number of amides is 2. The van der Waals surface area contributed by atoms with Crippen LogP contribution in [-0.4, -0.2) is 65.9 Å². The number of aromatic nitrogens is 2. The number of H-pyrrole nitrogens is 1. The molecule has 0 aliphatic carbocycles. The third-order valence-corrected chi connectivity index (χ3v) is 7.05. The molecule has 0 spiro atoms. The summed E-state index contributed by atoms with van der Waals surface area (Å²) in [5, 5.41) is 5.31. The molecule has 3 aromatic carbocycles. The van der Waals surface area contributed by atoms with Gasteiger partial charge in [-0.25, -0.2) is 9.78 Å². The van der Waals surface area contributed by atoms with Crippen LogP contribution in [0.5, 0.6) is 0 Å². The van der Waals surface area contributed by atoms with E-state index in [-0.39, 0.29) is 13.0 Å². The SMILES string of the molecule is CC(C)(C)OC(=O)CC(NC(=O)OCc1ccccc1)NC(=O)c1ccc(N2CCN(c3nc4ccccc4[nH]3)CC2)cc1. The highest BCUT2D eigenvalue weighted by molar-refractivity contribution is 5.95. The second-order valence-electron chi connectivity index (χ2n) is 11.6. The molecule has 1 unspecified atom stereocenters. The minimum absolute atomic E-state index is 0.0494. The summed E-state index contributed by atoms with van der Waals surface area (Å²) >= 11 is 0. The number of fused-ring (bicyclic) bond motifs is 1. The predicted octanol–water partition coefficient (Wildman–Crippen LogP) is 4.60. The van der Waals surface area contributed by atoms with Crippen LogP contribution in [0.4, 0.5) is 16.4 Å². The molecule has 1 aromatic heterocycles. The number of carbonyl (C=O) groups is 3. The Kier molecular flexibility index (Phi) is 9.32. The zero-order chi connectivity index (χ0) is 31.1. The van der Waals surface area contributed by atoms with Crippen molar-refractivity contribution in [1.29, 1.82) is 0 Å². The van der Waals surface area contributed by atoms with Gasteiger partial charge in [-0.2, -0.15) is 0 Å². The maximum Gasteiger partial charge on any atom is 0.409 e. The van der Waals surface area contributed by atoms with Crippen molar-refractivity contribution in [2.75, 3.05) is 36.0 Å². The normalized spacial score (nSPS) is 14.2. The standard InChI is InChI=1S/C33H38N6O5/c1-33(2,3)44-29(40)21-28(37-32(42)43-22-23-9-5-4-6-10-23)36-30(41)24-13-15-25(16-14-24)38-17-19-39(20-18-38)31-34-26-11-7-8-12-27(26)35-31/h4-16,28H,17-22H2,1-3H3,(H,34,35)(H,36,41)(H,37,42). The molecular formula is C33H38N6O5. The van der Waals surface area contributed by atoms with Gasteiger partial charge in [0, 0.05) is 37.4 Å². The topological polar surface area (TPSA) is 129 Å². The largest absolute Gasteiger partial charge is 0.460 e. The van der Waals surface area contributed by atoms with Gasteiger partial charge in [-0.1, -0.05) is 42.5 Å². The van der Waals surface area contributed by atoms with E-state index in [0.717, 1.165) is 54.4 Å². The number of ether oxygens (including phenoxy) is 2. The van der Waals surface area contributed by atoms with Gasteiger partial charge < -0.3 is 34.9 Å². The molecule has 44 heavy (non-hydrogen) atoms. The summed E-state index contributed by atoms with van der Waals surface area (Å²) < 4.78 is 10.7. The number of nitrogens with one attached hydrogen (secondary N) is 3. The van der Waals surface area contributed by atoms with Crippen LogP contribution in [-0.2, 0) is 20.9 Å². The summed E-state index contributed by atoms with van der Waals surface area (Å²) in [6, 6.07) is 24.5. The molecule has 0 bridgehead atoms. The minimum Gasteiger partial charge on any atom is -0.460 e. The van der Waals surface area contributed by atoms with Gasteiger partial charge in [0.25, 0.3) is 5.91 Å². The number of para-hydroxylation sites is 2. The molecule has 1 aliphatic heterocycles. The number of rotatable bonds is 9. The Morgan fingerprint density at radius 1 is 0.864 bits per heavy atom. The zero-order valence-corrected chi connectivity index (χ0v) is 25.2. The van der Waals surface area contributed by atoms with E-state index in [4.69, 9.17) is 14.5 Å². The summed E-state index contributed by atoms with van der Waals surface area (Å²) in [5.41, 5.74) is 3.46. The number of piperazine rings is 1. The summed E-state index contributed by atoms with van der Waals surface area (Å²) in [7, 11) is 0. The van der Waals surface area contributed by atoms with Crippen molar-refractivity contribution in [1.82, 2.24) is 20.6 Å². The van der Waals surface area contributed by atoms with Gasteiger partial charge in [-0.15, -0.1) is 0 Å². The molecule has 4 aromatic rings. The fourth-order valence-electron chi connectivity index (χ4n) is 4.93. The first kappa shape index (κ1) is 30.4. The zero-order valence-electron chi connectivity index (χ0n) is 25.2. The molecule has 1 atom stereocenters. The first-order chi connectivity index (χ1) is 21.1. The molecule has 2 amide bonds. The number of carbonyl (C=O) groups excluding carboxylic acids is 3. The molecule has 0 saturated carbocycles.